The Kier molecular flexibility index (Phi) is 5.47. The Morgan fingerprint density at radius 2 is 2.16 bits per heavy atom. The van der Waals surface area contributed by atoms with Crippen LogP contribution in [0, 0.1) is 0 Å². The van der Waals surface area contributed by atoms with Crippen LogP contribution in [0.5, 0.6) is 5.75 Å². The van der Waals surface area contributed by atoms with Gasteiger partial charge in [-0.25, -0.2) is 0 Å². The van der Waals surface area contributed by atoms with E-state index >= 15 is 0 Å². The molecule has 1 N–H and O–H groups in total. The van der Waals surface area contributed by atoms with Crippen LogP contribution in [0.1, 0.15) is 11.3 Å². The van der Waals surface area contributed by atoms with Crippen molar-refractivity contribution in [1.29, 1.82) is 0 Å². The van der Waals surface area contributed by atoms with Gasteiger partial charge in [0.05, 0.1) is 19.4 Å². The average molecular weight is 261 g/mol. The van der Waals surface area contributed by atoms with Gasteiger partial charge in [0, 0.05) is 13.7 Å². The maximum absolute atomic E-state index is 5.66. The van der Waals surface area contributed by atoms with E-state index < -0.39 is 0 Å². The molecule has 0 radical (unpaired) electrons. The zero-order valence-electron chi connectivity index (χ0n) is 11.1. The van der Waals surface area contributed by atoms with Crippen molar-refractivity contribution in [2.24, 2.45) is 0 Å². The van der Waals surface area contributed by atoms with Gasteiger partial charge in [0.2, 0.25) is 0 Å². The molecule has 0 atom stereocenters. The summed E-state index contributed by atoms with van der Waals surface area (Å²) >= 11 is 0. The van der Waals surface area contributed by atoms with Crippen LogP contribution in [0.4, 0.5) is 0 Å². The zero-order valence-corrected chi connectivity index (χ0v) is 11.1. The van der Waals surface area contributed by atoms with Crippen LogP contribution < -0.4 is 10.1 Å². The number of hydrogen-bond acceptors (Lipinski definition) is 4. The van der Waals surface area contributed by atoms with E-state index in [9.17, 15) is 0 Å². The van der Waals surface area contributed by atoms with Crippen molar-refractivity contribution >= 4 is 0 Å². The number of benzene rings is 1. The fourth-order valence-electron chi connectivity index (χ4n) is 1.76. The van der Waals surface area contributed by atoms with E-state index in [1.54, 1.807) is 13.4 Å². The summed E-state index contributed by atoms with van der Waals surface area (Å²) in [6, 6.07) is 11.8. The molecule has 4 nitrogen and oxygen atoms in total. The smallest absolute Gasteiger partial charge is 0.119 e. The molecule has 1 aromatic heterocycles. The minimum absolute atomic E-state index is 0.605. The van der Waals surface area contributed by atoms with E-state index in [0.29, 0.717) is 13.2 Å². The summed E-state index contributed by atoms with van der Waals surface area (Å²) in [5, 5.41) is 3.25. The molecule has 2 rings (SSSR count). The lowest BCUT2D eigenvalue weighted by molar-refractivity contribution is 0.184. The van der Waals surface area contributed by atoms with Gasteiger partial charge in [0.1, 0.15) is 18.1 Å². The number of nitrogens with one attached hydrogen (secondary N) is 1. The third-order valence-electron chi connectivity index (χ3n) is 2.64. The average Bonchev–Trinajstić information content (AvgIpc) is 2.92. The van der Waals surface area contributed by atoms with Gasteiger partial charge in [-0.1, -0.05) is 12.1 Å². The highest BCUT2D eigenvalue weighted by molar-refractivity contribution is 5.28. The van der Waals surface area contributed by atoms with Gasteiger partial charge in [-0.3, -0.25) is 0 Å². The summed E-state index contributed by atoms with van der Waals surface area (Å²) in [5.41, 5.74) is 1.11. The molecular weight excluding hydrogens is 242 g/mol. The van der Waals surface area contributed by atoms with E-state index in [1.807, 2.05) is 36.4 Å². The Bertz CT molecular complexity index is 468. The van der Waals surface area contributed by atoms with Gasteiger partial charge in [0.25, 0.3) is 0 Å². The number of furan rings is 1. The van der Waals surface area contributed by atoms with Crippen molar-refractivity contribution in [2.75, 3.05) is 20.3 Å². The first-order valence-corrected chi connectivity index (χ1v) is 6.32. The molecule has 0 amide bonds. The van der Waals surface area contributed by atoms with Crippen LogP contribution in [0.15, 0.2) is 47.1 Å². The summed E-state index contributed by atoms with van der Waals surface area (Å²) in [6.45, 7) is 2.72. The third kappa shape index (κ3) is 4.77. The summed E-state index contributed by atoms with van der Waals surface area (Å²) in [7, 11) is 1.69. The fraction of sp³-hybridized carbons (Fsp3) is 0.333. The van der Waals surface area contributed by atoms with Crippen molar-refractivity contribution in [3.63, 3.8) is 0 Å². The summed E-state index contributed by atoms with van der Waals surface area (Å²) in [6.07, 6.45) is 1.68. The Morgan fingerprint density at radius 1 is 1.21 bits per heavy atom. The molecule has 0 aliphatic carbocycles. The number of hydrogen-bond donors (Lipinski definition) is 1. The van der Waals surface area contributed by atoms with Crippen LogP contribution >= 0.6 is 0 Å². The highest BCUT2D eigenvalue weighted by atomic mass is 16.5. The highest BCUT2D eigenvalue weighted by Gasteiger charge is 1.98. The van der Waals surface area contributed by atoms with Crippen molar-refractivity contribution in [3.8, 4) is 5.75 Å². The molecule has 0 unspecified atom stereocenters. The molecule has 1 heterocycles. The minimum Gasteiger partial charge on any atom is -0.492 e. The highest BCUT2D eigenvalue weighted by Crippen LogP contribution is 2.13. The second-order valence-corrected chi connectivity index (χ2v) is 4.19. The van der Waals surface area contributed by atoms with Gasteiger partial charge in [-0.15, -0.1) is 0 Å². The minimum atomic E-state index is 0.605. The van der Waals surface area contributed by atoms with Crippen molar-refractivity contribution in [2.45, 2.75) is 13.2 Å². The van der Waals surface area contributed by atoms with Gasteiger partial charge < -0.3 is 19.2 Å². The SMILES string of the molecule is COCc1cccc(OCCNCc2ccco2)c1. The van der Waals surface area contributed by atoms with Crippen molar-refractivity contribution in [3.05, 3.63) is 54.0 Å². The van der Waals surface area contributed by atoms with E-state index in [1.165, 1.54) is 0 Å². The lowest BCUT2D eigenvalue weighted by Gasteiger charge is -2.08. The number of rotatable bonds is 8. The van der Waals surface area contributed by atoms with Crippen LogP contribution in [-0.4, -0.2) is 20.3 Å². The lowest BCUT2D eigenvalue weighted by Crippen LogP contribution is -2.20. The Morgan fingerprint density at radius 3 is 2.95 bits per heavy atom. The monoisotopic (exact) mass is 261 g/mol. The summed E-state index contributed by atoms with van der Waals surface area (Å²) < 4.78 is 16.0. The molecule has 0 aliphatic heterocycles. The van der Waals surface area contributed by atoms with E-state index in [2.05, 4.69) is 5.32 Å². The quantitative estimate of drug-likeness (QED) is 0.742. The standard InChI is InChI=1S/C15H19NO3/c1-17-12-13-4-2-5-14(10-13)19-9-7-16-11-15-6-3-8-18-15/h2-6,8,10,16H,7,9,11-12H2,1H3. The summed E-state index contributed by atoms with van der Waals surface area (Å²) in [4.78, 5) is 0. The van der Waals surface area contributed by atoms with Gasteiger partial charge in [-0.2, -0.15) is 0 Å². The van der Waals surface area contributed by atoms with Crippen LogP contribution in [0.3, 0.4) is 0 Å². The maximum Gasteiger partial charge on any atom is 0.119 e. The van der Waals surface area contributed by atoms with Gasteiger partial charge in [-0.05, 0) is 29.8 Å². The third-order valence-corrected chi connectivity index (χ3v) is 2.64. The van der Waals surface area contributed by atoms with E-state index in [4.69, 9.17) is 13.9 Å². The van der Waals surface area contributed by atoms with Crippen LogP contribution in [0.2, 0.25) is 0 Å². The van der Waals surface area contributed by atoms with Gasteiger partial charge in [0.15, 0.2) is 0 Å². The molecular formula is C15H19NO3. The maximum atomic E-state index is 5.66. The van der Waals surface area contributed by atoms with E-state index in [-0.39, 0.29) is 0 Å². The molecule has 102 valence electrons. The van der Waals surface area contributed by atoms with Crippen molar-refractivity contribution < 1.29 is 13.9 Å². The molecule has 19 heavy (non-hydrogen) atoms. The van der Waals surface area contributed by atoms with Crippen LogP contribution in [-0.2, 0) is 17.9 Å². The predicted molar refractivity (Wildman–Crippen MR) is 73.1 cm³/mol. The number of methoxy groups -OCH3 is 1. The fourth-order valence-corrected chi connectivity index (χ4v) is 1.76. The number of ether oxygens (including phenoxy) is 2. The van der Waals surface area contributed by atoms with Gasteiger partial charge >= 0.3 is 0 Å². The molecule has 2 aromatic rings. The first kappa shape index (κ1) is 13.6. The Hall–Kier alpha value is -1.78. The zero-order chi connectivity index (χ0) is 13.3. The molecule has 0 bridgehead atoms. The van der Waals surface area contributed by atoms with Crippen LogP contribution in [0.25, 0.3) is 0 Å². The predicted octanol–water partition coefficient (Wildman–Crippen LogP) is 2.59. The van der Waals surface area contributed by atoms with E-state index in [0.717, 1.165) is 30.2 Å². The Balaban J connectivity index is 1.66. The summed E-state index contributed by atoms with van der Waals surface area (Å²) in [5.74, 6) is 1.80. The molecule has 4 heteroatoms. The largest absolute Gasteiger partial charge is 0.492 e. The molecule has 0 saturated heterocycles. The molecule has 0 aliphatic rings. The van der Waals surface area contributed by atoms with Crippen molar-refractivity contribution in [1.82, 2.24) is 5.32 Å². The lowest BCUT2D eigenvalue weighted by atomic mass is 10.2. The second kappa shape index (κ2) is 7.61. The molecule has 0 fully saturated rings. The molecule has 0 spiro atoms. The Labute approximate surface area is 113 Å². The first-order chi connectivity index (χ1) is 9.38. The normalized spacial score (nSPS) is 10.6. The molecule has 1 aromatic carbocycles. The first-order valence-electron chi connectivity index (χ1n) is 6.32. The topological polar surface area (TPSA) is 43.6 Å². The molecule has 0 saturated carbocycles. The second-order valence-electron chi connectivity index (χ2n) is 4.19.